The molecule has 2 atom stereocenters. The van der Waals surface area contributed by atoms with E-state index in [4.69, 9.17) is 5.73 Å². The van der Waals surface area contributed by atoms with Crippen molar-refractivity contribution in [1.82, 2.24) is 15.2 Å². The lowest BCUT2D eigenvalue weighted by Gasteiger charge is -2.36. The third-order valence-electron chi connectivity index (χ3n) is 4.69. The van der Waals surface area contributed by atoms with Gasteiger partial charge in [-0.25, -0.2) is 0 Å². The molecule has 4 nitrogen and oxygen atoms in total. The van der Waals surface area contributed by atoms with Crippen LogP contribution in [0.1, 0.15) is 24.4 Å². The molecule has 1 unspecified atom stereocenters. The molecular formula is C16H20N4. The van der Waals surface area contributed by atoms with Gasteiger partial charge in [-0.05, 0) is 49.2 Å². The molecule has 4 rings (SSSR count). The Morgan fingerprint density at radius 1 is 1.30 bits per heavy atom. The highest BCUT2D eigenvalue weighted by Crippen LogP contribution is 2.30. The van der Waals surface area contributed by atoms with Crippen LogP contribution in [0.25, 0.3) is 10.9 Å². The van der Waals surface area contributed by atoms with E-state index in [1.165, 1.54) is 30.3 Å². The molecule has 104 valence electrons. The maximum absolute atomic E-state index is 5.95. The van der Waals surface area contributed by atoms with Crippen molar-refractivity contribution >= 4 is 16.6 Å². The minimum Gasteiger partial charge on any atom is -0.399 e. The number of fused-ring (bicyclic) bond motifs is 2. The molecule has 3 N–H and O–H groups in total. The molecule has 4 heteroatoms. The van der Waals surface area contributed by atoms with Gasteiger partial charge in [0.25, 0.3) is 0 Å². The third kappa shape index (κ3) is 1.96. The summed E-state index contributed by atoms with van der Waals surface area (Å²) >= 11 is 0. The number of nitrogens with two attached hydrogens (primary N) is 1. The van der Waals surface area contributed by atoms with Crippen molar-refractivity contribution in [3.05, 3.63) is 36.0 Å². The predicted octanol–water partition coefficient (Wildman–Crippen LogP) is 1.93. The van der Waals surface area contributed by atoms with Gasteiger partial charge in [0, 0.05) is 42.4 Å². The number of anilines is 1. The summed E-state index contributed by atoms with van der Waals surface area (Å²) < 4.78 is 0. The monoisotopic (exact) mass is 268 g/mol. The SMILES string of the molecule is Nc1ccc2nccc([C@H]3CN4CCCC4CN3)c2c1. The van der Waals surface area contributed by atoms with Gasteiger partial charge in [0.15, 0.2) is 0 Å². The van der Waals surface area contributed by atoms with Crippen LogP contribution in [0, 0.1) is 0 Å². The Balaban J connectivity index is 1.73. The number of nitrogens with one attached hydrogen (secondary N) is 1. The van der Waals surface area contributed by atoms with E-state index >= 15 is 0 Å². The van der Waals surface area contributed by atoms with Gasteiger partial charge in [0.2, 0.25) is 0 Å². The highest BCUT2D eigenvalue weighted by molar-refractivity contribution is 5.85. The highest BCUT2D eigenvalue weighted by atomic mass is 15.2. The number of hydrogen-bond acceptors (Lipinski definition) is 4. The third-order valence-corrected chi connectivity index (χ3v) is 4.69. The quantitative estimate of drug-likeness (QED) is 0.776. The topological polar surface area (TPSA) is 54.2 Å². The highest BCUT2D eigenvalue weighted by Gasteiger charge is 2.32. The van der Waals surface area contributed by atoms with E-state index in [2.05, 4.69) is 27.3 Å². The van der Waals surface area contributed by atoms with Crippen LogP contribution in [-0.4, -0.2) is 35.6 Å². The second kappa shape index (κ2) is 4.72. The number of nitrogens with zero attached hydrogens (tertiary/aromatic N) is 2. The molecule has 0 bridgehead atoms. The maximum atomic E-state index is 5.95. The zero-order chi connectivity index (χ0) is 13.5. The minimum atomic E-state index is 0.386. The first kappa shape index (κ1) is 12.1. The molecule has 0 aliphatic carbocycles. The summed E-state index contributed by atoms with van der Waals surface area (Å²) in [6.07, 6.45) is 4.58. The van der Waals surface area contributed by atoms with Gasteiger partial charge in [-0.15, -0.1) is 0 Å². The summed E-state index contributed by atoms with van der Waals surface area (Å²) in [5, 5.41) is 4.89. The molecule has 1 aromatic carbocycles. The number of pyridine rings is 1. The number of hydrogen-bond donors (Lipinski definition) is 2. The molecule has 2 aliphatic rings. The van der Waals surface area contributed by atoms with Crippen LogP contribution in [0.4, 0.5) is 5.69 Å². The van der Waals surface area contributed by atoms with Crippen molar-refractivity contribution < 1.29 is 0 Å². The number of rotatable bonds is 1. The molecule has 3 heterocycles. The first-order valence-electron chi connectivity index (χ1n) is 7.43. The largest absolute Gasteiger partial charge is 0.399 e. The summed E-state index contributed by atoms with van der Waals surface area (Å²) in [6, 6.07) is 9.24. The van der Waals surface area contributed by atoms with E-state index in [9.17, 15) is 0 Å². The molecule has 0 spiro atoms. The molecular weight excluding hydrogens is 248 g/mol. The summed E-state index contributed by atoms with van der Waals surface area (Å²) in [7, 11) is 0. The molecule has 2 fully saturated rings. The average molecular weight is 268 g/mol. The Morgan fingerprint density at radius 3 is 3.20 bits per heavy atom. The molecule has 2 saturated heterocycles. The van der Waals surface area contributed by atoms with E-state index < -0.39 is 0 Å². The lowest BCUT2D eigenvalue weighted by molar-refractivity contribution is 0.174. The predicted molar refractivity (Wildman–Crippen MR) is 81.5 cm³/mol. The van der Waals surface area contributed by atoms with Crippen molar-refractivity contribution in [1.29, 1.82) is 0 Å². The van der Waals surface area contributed by atoms with Gasteiger partial charge in [0.1, 0.15) is 0 Å². The van der Waals surface area contributed by atoms with Crippen LogP contribution >= 0.6 is 0 Å². The lowest BCUT2D eigenvalue weighted by Crippen LogP contribution is -2.49. The number of piperazine rings is 1. The van der Waals surface area contributed by atoms with E-state index in [0.29, 0.717) is 6.04 Å². The summed E-state index contributed by atoms with van der Waals surface area (Å²) in [4.78, 5) is 7.07. The van der Waals surface area contributed by atoms with Crippen molar-refractivity contribution in [2.45, 2.75) is 24.9 Å². The number of aromatic nitrogens is 1. The van der Waals surface area contributed by atoms with Crippen LogP contribution in [-0.2, 0) is 0 Å². The molecule has 20 heavy (non-hydrogen) atoms. The van der Waals surface area contributed by atoms with Crippen LogP contribution < -0.4 is 11.1 Å². The van der Waals surface area contributed by atoms with Crippen LogP contribution in [0.15, 0.2) is 30.5 Å². The minimum absolute atomic E-state index is 0.386. The summed E-state index contributed by atoms with van der Waals surface area (Å²) in [6.45, 7) is 3.43. The standard InChI is InChI=1S/C16H20N4/c17-11-3-4-15-14(8-11)13(5-6-18-15)16-10-20-7-1-2-12(20)9-19-16/h3-6,8,12,16,19H,1-2,7,9-10,17H2/t12?,16-/m1/s1. The maximum Gasteiger partial charge on any atom is 0.0706 e. The van der Waals surface area contributed by atoms with Crippen molar-refractivity contribution in [3.8, 4) is 0 Å². The van der Waals surface area contributed by atoms with Crippen LogP contribution in [0.2, 0.25) is 0 Å². The number of nitrogen functional groups attached to an aromatic ring is 1. The Labute approximate surface area is 119 Å². The van der Waals surface area contributed by atoms with Crippen LogP contribution in [0.5, 0.6) is 0 Å². The van der Waals surface area contributed by atoms with Gasteiger partial charge < -0.3 is 11.1 Å². The molecule has 2 aromatic rings. The van der Waals surface area contributed by atoms with E-state index in [-0.39, 0.29) is 0 Å². The zero-order valence-electron chi connectivity index (χ0n) is 11.5. The Kier molecular flexibility index (Phi) is 2.86. The second-order valence-corrected chi connectivity index (χ2v) is 5.93. The van der Waals surface area contributed by atoms with Gasteiger partial charge >= 0.3 is 0 Å². The molecule has 0 radical (unpaired) electrons. The van der Waals surface area contributed by atoms with E-state index in [0.717, 1.165) is 30.3 Å². The lowest BCUT2D eigenvalue weighted by atomic mass is 9.98. The smallest absolute Gasteiger partial charge is 0.0706 e. The van der Waals surface area contributed by atoms with Crippen LogP contribution in [0.3, 0.4) is 0 Å². The molecule has 1 aromatic heterocycles. The second-order valence-electron chi connectivity index (χ2n) is 5.93. The first-order valence-corrected chi connectivity index (χ1v) is 7.43. The van der Waals surface area contributed by atoms with Crippen molar-refractivity contribution in [2.24, 2.45) is 0 Å². The van der Waals surface area contributed by atoms with E-state index in [1.54, 1.807) is 0 Å². The normalized spacial score (nSPS) is 26.8. The van der Waals surface area contributed by atoms with E-state index in [1.807, 2.05) is 18.3 Å². The van der Waals surface area contributed by atoms with Gasteiger partial charge in [0.05, 0.1) is 5.52 Å². The van der Waals surface area contributed by atoms with Gasteiger partial charge in [-0.2, -0.15) is 0 Å². The molecule has 2 aliphatic heterocycles. The van der Waals surface area contributed by atoms with Gasteiger partial charge in [-0.3, -0.25) is 9.88 Å². The summed E-state index contributed by atoms with van der Waals surface area (Å²) in [5.74, 6) is 0. The zero-order valence-corrected chi connectivity index (χ0v) is 11.5. The average Bonchev–Trinajstić information content (AvgIpc) is 2.94. The fourth-order valence-electron chi connectivity index (χ4n) is 3.64. The fourth-order valence-corrected chi connectivity index (χ4v) is 3.64. The summed E-state index contributed by atoms with van der Waals surface area (Å²) in [5.41, 5.74) is 9.11. The molecule has 0 amide bonds. The molecule has 0 saturated carbocycles. The van der Waals surface area contributed by atoms with Crippen molar-refractivity contribution in [2.75, 3.05) is 25.4 Å². The Hall–Kier alpha value is -1.65. The first-order chi connectivity index (χ1) is 9.81. The Bertz CT molecular complexity index is 639. The van der Waals surface area contributed by atoms with Crippen molar-refractivity contribution in [3.63, 3.8) is 0 Å². The fraction of sp³-hybridized carbons (Fsp3) is 0.438. The Morgan fingerprint density at radius 2 is 2.25 bits per heavy atom. The number of benzene rings is 1. The van der Waals surface area contributed by atoms with Gasteiger partial charge in [-0.1, -0.05) is 0 Å².